The lowest BCUT2D eigenvalue weighted by Crippen LogP contribution is -2.10. The molecule has 0 fully saturated rings. The number of hydrogen-bond acceptors (Lipinski definition) is 3. The maximum Gasteiger partial charge on any atom is 0.135 e. The molecule has 9 aromatic carbocycles. The zero-order chi connectivity index (χ0) is 36.3. The van der Waals surface area contributed by atoms with Crippen molar-refractivity contribution in [1.82, 2.24) is 0 Å². The van der Waals surface area contributed by atoms with Gasteiger partial charge in [-0.15, -0.1) is 11.3 Å². The quantitative estimate of drug-likeness (QED) is 0.170. The molecule has 11 aromatic rings. The second kappa shape index (κ2) is 12.9. The van der Waals surface area contributed by atoms with Gasteiger partial charge in [-0.25, -0.2) is 0 Å². The van der Waals surface area contributed by atoms with E-state index >= 15 is 0 Å². The molecule has 0 radical (unpaired) electrons. The summed E-state index contributed by atoms with van der Waals surface area (Å²) in [6.45, 7) is 0. The number of thiophene rings is 1. The zero-order valence-electron chi connectivity index (χ0n) is 29.8. The van der Waals surface area contributed by atoms with Crippen molar-refractivity contribution in [2.45, 2.75) is 0 Å². The summed E-state index contributed by atoms with van der Waals surface area (Å²) in [5.74, 6) is 0. The molecule has 2 heterocycles. The molecule has 0 saturated heterocycles. The van der Waals surface area contributed by atoms with Gasteiger partial charge in [-0.3, -0.25) is 0 Å². The third-order valence-corrected chi connectivity index (χ3v) is 12.1. The van der Waals surface area contributed by atoms with Crippen LogP contribution in [0.15, 0.2) is 205 Å². The van der Waals surface area contributed by atoms with Crippen molar-refractivity contribution >= 4 is 81.3 Å². The molecule has 2 nitrogen and oxygen atoms in total. The van der Waals surface area contributed by atoms with Crippen molar-refractivity contribution in [2.75, 3.05) is 4.90 Å². The van der Waals surface area contributed by atoms with Gasteiger partial charge in [0.2, 0.25) is 0 Å². The summed E-state index contributed by atoms with van der Waals surface area (Å²) in [6.07, 6.45) is 0. The fourth-order valence-corrected chi connectivity index (χ4v) is 9.48. The summed E-state index contributed by atoms with van der Waals surface area (Å²) in [5.41, 5.74) is 12.5. The summed E-state index contributed by atoms with van der Waals surface area (Å²) in [6, 6.07) is 72.2. The Labute approximate surface area is 322 Å². The minimum Gasteiger partial charge on any atom is -0.456 e. The van der Waals surface area contributed by atoms with Crippen molar-refractivity contribution in [1.29, 1.82) is 0 Å². The van der Waals surface area contributed by atoms with Crippen LogP contribution in [0.2, 0.25) is 0 Å². The van der Waals surface area contributed by atoms with Crippen LogP contribution in [0.5, 0.6) is 0 Å². The molecule has 0 atom stereocenters. The van der Waals surface area contributed by atoms with E-state index in [0.29, 0.717) is 0 Å². The summed E-state index contributed by atoms with van der Waals surface area (Å²) in [4.78, 5) is 2.43. The lowest BCUT2D eigenvalue weighted by molar-refractivity contribution is 0.669. The number of fused-ring (bicyclic) bond motifs is 7. The first-order valence-corrected chi connectivity index (χ1v) is 19.5. The second-order valence-electron chi connectivity index (χ2n) is 14.1. The first-order valence-electron chi connectivity index (χ1n) is 18.7. The van der Waals surface area contributed by atoms with Crippen molar-refractivity contribution in [3.8, 4) is 33.4 Å². The fourth-order valence-electron chi connectivity index (χ4n) is 8.14. The van der Waals surface area contributed by atoms with Crippen molar-refractivity contribution < 1.29 is 4.42 Å². The monoisotopic (exact) mass is 719 g/mol. The molecule has 0 saturated carbocycles. The first kappa shape index (κ1) is 31.6. The standard InChI is InChI=1S/C52H33NOS/c1-3-11-34(12-4-1)37-21-22-39-32-42(29-25-38(39)31-37)53(41-27-23-35(24-28-41)40-26-30-50-47(33-40)44-15-7-8-20-49(44)54-50)48-19-10-18-46-45-17-9-16-43(51(45)55-52(46)48)36-13-5-2-6-14-36/h1-33H. The Bertz CT molecular complexity index is 3190. The topological polar surface area (TPSA) is 16.4 Å². The molecule has 0 aliphatic heterocycles. The maximum absolute atomic E-state index is 6.14. The van der Waals surface area contributed by atoms with Crippen molar-refractivity contribution in [3.05, 3.63) is 200 Å². The highest BCUT2D eigenvalue weighted by atomic mass is 32.1. The van der Waals surface area contributed by atoms with Gasteiger partial charge in [0.1, 0.15) is 11.2 Å². The number of hydrogen-bond donors (Lipinski definition) is 0. The third-order valence-electron chi connectivity index (χ3n) is 10.9. The van der Waals surface area contributed by atoms with Crippen LogP contribution in [-0.2, 0) is 0 Å². The van der Waals surface area contributed by atoms with Crippen LogP contribution >= 0.6 is 11.3 Å². The maximum atomic E-state index is 6.14. The molecule has 258 valence electrons. The third kappa shape index (κ3) is 5.40. The van der Waals surface area contributed by atoms with Crippen LogP contribution in [-0.4, -0.2) is 0 Å². The van der Waals surface area contributed by atoms with E-state index in [4.69, 9.17) is 4.42 Å². The summed E-state index contributed by atoms with van der Waals surface area (Å²) >= 11 is 1.88. The molecular formula is C52H33NOS. The van der Waals surface area contributed by atoms with Crippen molar-refractivity contribution in [3.63, 3.8) is 0 Å². The van der Waals surface area contributed by atoms with Crippen LogP contribution in [0.4, 0.5) is 17.1 Å². The molecule has 2 aromatic heterocycles. The van der Waals surface area contributed by atoms with E-state index in [1.54, 1.807) is 0 Å². The number of nitrogens with zero attached hydrogens (tertiary/aromatic N) is 1. The molecule has 55 heavy (non-hydrogen) atoms. The first-order chi connectivity index (χ1) is 27.2. The SMILES string of the molecule is c1ccc(-c2ccc3cc(N(c4ccc(-c5ccc6oc7ccccc7c6c5)cc4)c4cccc5c4sc4c(-c6ccccc6)cccc45)ccc3c2)cc1. The van der Waals surface area contributed by atoms with Gasteiger partial charge in [-0.1, -0.05) is 146 Å². The van der Waals surface area contributed by atoms with E-state index < -0.39 is 0 Å². The van der Waals surface area contributed by atoms with Gasteiger partial charge >= 0.3 is 0 Å². The molecule has 0 aliphatic rings. The number of furan rings is 1. The van der Waals surface area contributed by atoms with Crippen LogP contribution < -0.4 is 4.90 Å². The molecule has 0 amide bonds. The molecular weight excluding hydrogens is 687 g/mol. The molecule has 0 aliphatic carbocycles. The van der Waals surface area contributed by atoms with Gasteiger partial charge < -0.3 is 9.32 Å². The normalized spacial score (nSPS) is 11.6. The average molecular weight is 720 g/mol. The van der Waals surface area contributed by atoms with Crippen LogP contribution in [0.25, 0.3) is 86.3 Å². The largest absolute Gasteiger partial charge is 0.456 e. The van der Waals surface area contributed by atoms with Crippen LogP contribution in [0, 0.1) is 0 Å². The van der Waals surface area contributed by atoms with Gasteiger partial charge in [0.25, 0.3) is 0 Å². The van der Waals surface area contributed by atoms with Crippen molar-refractivity contribution in [2.24, 2.45) is 0 Å². The lowest BCUT2D eigenvalue weighted by Gasteiger charge is -2.26. The highest BCUT2D eigenvalue weighted by Gasteiger charge is 2.20. The molecule has 3 heteroatoms. The number of rotatable bonds is 6. The van der Waals surface area contributed by atoms with E-state index in [-0.39, 0.29) is 0 Å². The summed E-state index contributed by atoms with van der Waals surface area (Å²) in [7, 11) is 0. The summed E-state index contributed by atoms with van der Waals surface area (Å²) in [5, 5.41) is 7.25. The van der Waals surface area contributed by atoms with Gasteiger partial charge in [0, 0.05) is 37.6 Å². The number of para-hydroxylation sites is 1. The summed E-state index contributed by atoms with van der Waals surface area (Å²) < 4.78 is 8.71. The fraction of sp³-hybridized carbons (Fsp3) is 0. The Kier molecular flexibility index (Phi) is 7.39. The molecule has 11 rings (SSSR count). The molecule has 0 unspecified atom stereocenters. The van der Waals surface area contributed by atoms with Gasteiger partial charge in [-0.2, -0.15) is 0 Å². The van der Waals surface area contributed by atoms with Crippen LogP contribution in [0.1, 0.15) is 0 Å². The highest BCUT2D eigenvalue weighted by molar-refractivity contribution is 7.27. The van der Waals surface area contributed by atoms with E-state index in [1.165, 1.54) is 53.2 Å². The van der Waals surface area contributed by atoms with Gasteiger partial charge in [0.05, 0.1) is 10.4 Å². The Morgan fingerprint density at radius 3 is 1.76 bits per heavy atom. The Hall–Kier alpha value is -6.94. The number of benzene rings is 9. The molecule has 0 N–H and O–H groups in total. The molecule has 0 spiro atoms. The van der Waals surface area contributed by atoms with Crippen LogP contribution in [0.3, 0.4) is 0 Å². The smallest absolute Gasteiger partial charge is 0.135 e. The lowest BCUT2D eigenvalue weighted by atomic mass is 10.00. The van der Waals surface area contributed by atoms with Gasteiger partial charge in [0.15, 0.2) is 0 Å². The van der Waals surface area contributed by atoms with E-state index in [1.807, 2.05) is 23.5 Å². The van der Waals surface area contributed by atoms with E-state index in [2.05, 4.69) is 193 Å². The minimum atomic E-state index is 0.909. The Morgan fingerprint density at radius 2 is 0.927 bits per heavy atom. The Morgan fingerprint density at radius 1 is 0.345 bits per heavy atom. The molecule has 0 bridgehead atoms. The number of anilines is 3. The highest BCUT2D eigenvalue weighted by Crippen LogP contribution is 2.47. The predicted molar refractivity (Wildman–Crippen MR) is 235 cm³/mol. The van der Waals surface area contributed by atoms with E-state index in [0.717, 1.165) is 50.1 Å². The zero-order valence-corrected chi connectivity index (χ0v) is 30.6. The minimum absolute atomic E-state index is 0.909. The van der Waals surface area contributed by atoms with Gasteiger partial charge in [-0.05, 0) is 98.8 Å². The second-order valence-corrected chi connectivity index (χ2v) is 15.1. The van der Waals surface area contributed by atoms with E-state index in [9.17, 15) is 0 Å². The predicted octanol–water partition coefficient (Wildman–Crippen LogP) is 15.6. The Balaban J connectivity index is 1.07. The average Bonchev–Trinajstić information content (AvgIpc) is 3.83.